The van der Waals surface area contributed by atoms with Crippen LogP contribution in [-0.4, -0.2) is 21.0 Å². The van der Waals surface area contributed by atoms with Crippen LogP contribution in [-0.2, 0) is 0 Å². The molecule has 72 valence electrons. The van der Waals surface area contributed by atoms with Crippen LogP contribution in [0.5, 0.6) is 0 Å². The monoisotopic (exact) mass is 212 g/mol. The quantitative estimate of drug-likeness (QED) is 0.695. The molecule has 1 aromatic heterocycles. The van der Waals surface area contributed by atoms with Crippen molar-refractivity contribution in [2.75, 3.05) is 0 Å². The van der Waals surface area contributed by atoms with Crippen molar-refractivity contribution in [3.63, 3.8) is 0 Å². The summed E-state index contributed by atoms with van der Waals surface area (Å²) >= 11 is 5.68. The molecule has 5 nitrogen and oxygen atoms in total. The zero-order valence-electron chi connectivity index (χ0n) is 6.82. The zero-order valence-corrected chi connectivity index (χ0v) is 7.58. The van der Waals surface area contributed by atoms with Crippen LogP contribution in [0.1, 0.15) is 0 Å². The van der Waals surface area contributed by atoms with Crippen LogP contribution in [0.3, 0.4) is 0 Å². The minimum Gasteiger partial charge on any atom is -0.463 e. The molecule has 2 N–H and O–H groups in total. The number of hydrogen-bond donors (Lipinski definition) is 2. The Labute approximate surface area is 82.5 Å². The van der Waals surface area contributed by atoms with Gasteiger partial charge in [0, 0.05) is 5.02 Å². The summed E-state index contributed by atoms with van der Waals surface area (Å²) in [6.45, 7) is 0. The predicted molar refractivity (Wildman–Crippen MR) is 51.0 cm³/mol. The van der Waals surface area contributed by atoms with Gasteiger partial charge in [-0.05, 0) is 18.2 Å². The first kappa shape index (κ1) is 8.83. The van der Waals surface area contributed by atoms with Crippen LogP contribution < -0.4 is 5.56 Å². The largest absolute Gasteiger partial charge is 0.463 e. The smallest absolute Gasteiger partial charge is 0.433 e. The highest BCUT2D eigenvalue weighted by molar-refractivity contribution is 6.31. The molecule has 0 aliphatic carbocycles. The molecule has 0 spiro atoms. The first-order chi connectivity index (χ1) is 6.59. The van der Waals surface area contributed by atoms with E-state index < -0.39 is 11.7 Å². The minimum atomic E-state index is -1.35. The maximum absolute atomic E-state index is 11.4. The summed E-state index contributed by atoms with van der Waals surface area (Å²) in [6, 6.07) is 4.51. The number of carboxylic acid groups (broad SMARTS) is 1. The number of nitrogens with one attached hydrogen (secondary N) is 1. The first-order valence-electron chi connectivity index (χ1n) is 3.73. The van der Waals surface area contributed by atoms with Gasteiger partial charge in [0.2, 0.25) is 0 Å². The van der Waals surface area contributed by atoms with Gasteiger partial charge in [0.15, 0.2) is 0 Å². The molecule has 1 aromatic carbocycles. The third-order valence-electron chi connectivity index (χ3n) is 1.84. The summed E-state index contributed by atoms with van der Waals surface area (Å²) in [5.74, 6) is 0. The lowest BCUT2D eigenvalue weighted by atomic mass is 10.2. The van der Waals surface area contributed by atoms with Gasteiger partial charge in [-0.1, -0.05) is 11.6 Å². The number of hydrogen-bond acceptors (Lipinski definition) is 2. The lowest BCUT2D eigenvalue weighted by Crippen LogP contribution is -2.22. The van der Waals surface area contributed by atoms with Gasteiger partial charge in [0.05, 0.1) is 10.9 Å². The van der Waals surface area contributed by atoms with Crippen LogP contribution in [0, 0.1) is 0 Å². The Morgan fingerprint density at radius 1 is 1.50 bits per heavy atom. The van der Waals surface area contributed by atoms with E-state index in [0.29, 0.717) is 20.6 Å². The summed E-state index contributed by atoms with van der Waals surface area (Å²) in [4.78, 5) is 22.0. The van der Waals surface area contributed by atoms with Gasteiger partial charge in [-0.3, -0.25) is 9.89 Å². The van der Waals surface area contributed by atoms with Crippen molar-refractivity contribution in [1.29, 1.82) is 0 Å². The van der Waals surface area contributed by atoms with Gasteiger partial charge in [0.25, 0.3) is 5.56 Å². The SMILES string of the molecule is O=C(O)n1[nH]c2cc(Cl)ccc2c1=O. The number of H-pyrrole nitrogens is 1. The molecule has 0 aliphatic rings. The summed E-state index contributed by atoms with van der Waals surface area (Å²) in [7, 11) is 0. The highest BCUT2D eigenvalue weighted by atomic mass is 35.5. The second-order valence-corrected chi connectivity index (χ2v) is 3.16. The predicted octanol–water partition coefficient (Wildman–Crippen LogP) is 1.51. The van der Waals surface area contributed by atoms with Crippen LogP contribution in [0.2, 0.25) is 5.02 Å². The fourth-order valence-corrected chi connectivity index (χ4v) is 1.39. The van der Waals surface area contributed by atoms with Gasteiger partial charge < -0.3 is 5.11 Å². The highest BCUT2D eigenvalue weighted by Crippen LogP contribution is 2.14. The second-order valence-electron chi connectivity index (χ2n) is 2.72. The Morgan fingerprint density at radius 2 is 2.21 bits per heavy atom. The third-order valence-corrected chi connectivity index (χ3v) is 2.07. The third kappa shape index (κ3) is 1.18. The lowest BCUT2D eigenvalue weighted by molar-refractivity contribution is 0.192. The fraction of sp³-hybridized carbons (Fsp3) is 0. The van der Waals surface area contributed by atoms with Crippen molar-refractivity contribution < 1.29 is 9.90 Å². The molecule has 0 fully saturated rings. The molecule has 0 unspecified atom stereocenters. The maximum Gasteiger partial charge on any atom is 0.433 e. The summed E-state index contributed by atoms with van der Waals surface area (Å²) < 4.78 is 0.515. The van der Waals surface area contributed by atoms with Gasteiger partial charge >= 0.3 is 6.09 Å². The van der Waals surface area contributed by atoms with Crippen molar-refractivity contribution in [2.45, 2.75) is 0 Å². The van der Waals surface area contributed by atoms with E-state index in [1.165, 1.54) is 18.2 Å². The van der Waals surface area contributed by atoms with Gasteiger partial charge in [-0.2, -0.15) is 0 Å². The van der Waals surface area contributed by atoms with Crippen molar-refractivity contribution in [3.8, 4) is 0 Å². The molecule has 6 heteroatoms. The Bertz CT molecular complexity index is 569. The van der Waals surface area contributed by atoms with E-state index >= 15 is 0 Å². The molecular weight excluding hydrogens is 208 g/mol. The topological polar surface area (TPSA) is 75.1 Å². The Morgan fingerprint density at radius 3 is 2.86 bits per heavy atom. The molecule has 14 heavy (non-hydrogen) atoms. The van der Waals surface area contributed by atoms with E-state index in [-0.39, 0.29) is 0 Å². The van der Waals surface area contributed by atoms with Crippen molar-refractivity contribution >= 4 is 28.6 Å². The van der Waals surface area contributed by atoms with Gasteiger partial charge in [-0.25, -0.2) is 4.79 Å². The molecule has 0 aliphatic heterocycles. The number of aromatic nitrogens is 2. The first-order valence-corrected chi connectivity index (χ1v) is 4.11. The number of halogens is 1. The van der Waals surface area contributed by atoms with E-state index in [2.05, 4.69) is 5.10 Å². The van der Waals surface area contributed by atoms with Crippen LogP contribution in [0.4, 0.5) is 4.79 Å². The second kappa shape index (κ2) is 2.88. The minimum absolute atomic E-state index is 0.303. The van der Waals surface area contributed by atoms with E-state index in [1.807, 2.05) is 0 Å². The molecular formula is C8H5ClN2O3. The van der Waals surface area contributed by atoms with Crippen LogP contribution in [0.25, 0.3) is 10.9 Å². The Hall–Kier alpha value is -1.75. The van der Waals surface area contributed by atoms with Gasteiger partial charge in [0.1, 0.15) is 0 Å². The number of nitrogens with zero attached hydrogens (tertiary/aromatic N) is 1. The maximum atomic E-state index is 11.4. The lowest BCUT2D eigenvalue weighted by Gasteiger charge is -1.88. The van der Waals surface area contributed by atoms with Crippen LogP contribution in [0.15, 0.2) is 23.0 Å². The number of fused-ring (bicyclic) bond motifs is 1. The summed E-state index contributed by atoms with van der Waals surface area (Å²) in [6.07, 6.45) is -1.35. The highest BCUT2D eigenvalue weighted by Gasteiger charge is 2.10. The normalized spacial score (nSPS) is 10.6. The molecule has 0 saturated carbocycles. The molecule has 2 aromatic rings. The summed E-state index contributed by atoms with van der Waals surface area (Å²) in [5.41, 5.74) is -0.186. The molecule has 0 atom stereocenters. The van der Waals surface area contributed by atoms with Crippen LogP contribution >= 0.6 is 11.6 Å². The van der Waals surface area contributed by atoms with E-state index in [1.54, 1.807) is 0 Å². The number of benzene rings is 1. The molecule has 2 rings (SSSR count). The molecule has 1 heterocycles. The average molecular weight is 213 g/mol. The number of carbonyl (C=O) groups is 1. The average Bonchev–Trinajstić information content (AvgIpc) is 2.43. The Balaban J connectivity index is 2.87. The summed E-state index contributed by atoms with van der Waals surface area (Å²) in [5, 5.41) is 11.8. The van der Waals surface area contributed by atoms with E-state index in [0.717, 1.165) is 0 Å². The van der Waals surface area contributed by atoms with E-state index in [9.17, 15) is 9.59 Å². The van der Waals surface area contributed by atoms with Crippen molar-refractivity contribution in [3.05, 3.63) is 33.6 Å². The molecule has 0 radical (unpaired) electrons. The van der Waals surface area contributed by atoms with E-state index in [4.69, 9.17) is 16.7 Å². The van der Waals surface area contributed by atoms with Gasteiger partial charge in [-0.15, -0.1) is 4.68 Å². The standard InChI is InChI=1S/C8H5ClN2O3/c9-4-1-2-5-6(3-4)10-11(7(5)12)8(13)14/h1-3,10H,(H,13,14). The zero-order chi connectivity index (χ0) is 10.3. The fourth-order valence-electron chi connectivity index (χ4n) is 1.22. The number of rotatable bonds is 0. The molecule has 0 bridgehead atoms. The van der Waals surface area contributed by atoms with Crippen molar-refractivity contribution in [2.24, 2.45) is 0 Å². The Kier molecular flexibility index (Phi) is 1.82. The van der Waals surface area contributed by atoms with Crippen molar-refractivity contribution in [1.82, 2.24) is 9.78 Å². The number of aromatic amines is 1. The molecule has 0 amide bonds. The molecule has 0 saturated heterocycles.